The quantitative estimate of drug-likeness (QED) is 0.568. The van der Waals surface area contributed by atoms with E-state index >= 15 is 0 Å². The van der Waals surface area contributed by atoms with Gasteiger partial charge in [0.15, 0.2) is 0 Å². The van der Waals surface area contributed by atoms with Crippen molar-refractivity contribution in [2.75, 3.05) is 13.7 Å². The maximum atomic E-state index is 14.6. The van der Waals surface area contributed by atoms with Crippen LogP contribution in [-0.4, -0.2) is 47.6 Å². The highest BCUT2D eigenvalue weighted by atomic mass is 19.1. The normalized spacial score (nSPS) is 30.6. The number of rotatable bonds is 6. The van der Waals surface area contributed by atoms with E-state index in [4.69, 9.17) is 4.74 Å². The number of carbonyl (C=O) groups excluding carboxylic acids is 1. The number of benzene rings is 1. The van der Waals surface area contributed by atoms with Crippen molar-refractivity contribution in [2.24, 2.45) is 11.8 Å². The maximum absolute atomic E-state index is 14.6. The predicted octanol–water partition coefficient (Wildman–Crippen LogP) is 3.64. The van der Waals surface area contributed by atoms with E-state index in [1.54, 1.807) is 19.2 Å². The lowest BCUT2D eigenvalue weighted by Crippen LogP contribution is -2.55. The number of fused-ring (bicyclic) bond motifs is 1. The molecule has 194 valence electrons. The van der Waals surface area contributed by atoms with Crippen molar-refractivity contribution in [1.82, 2.24) is 26.1 Å². The van der Waals surface area contributed by atoms with E-state index in [1.807, 2.05) is 13.1 Å². The summed E-state index contributed by atoms with van der Waals surface area (Å²) in [5, 5.41) is 3.38. The van der Waals surface area contributed by atoms with E-state index in [0.29, 0.717) is 29.8 Å². The second-order valence-corrected chi connectivity index (χ2v) is 10.7. The van der Waals surface area contributed by atoms with Crippen LogP contribution in [0.1, 0.15) is 61.9 Å². The standard InChI is InChI=1S/C28H38FN5O2/c1-17-14-19(11-12-30-17)27-21-15-20(9-10-25(21)32-33-27)28(35)31-24-7-5-13-34(18(24)2)16-22-23(29)6-4-8-26(22)36-3/h4,6,8,11-12,14,18,20-21,24-25,27,32-33H,5,7,9-10,13,15-16H2,1-3H3,(H,31,35). The van der Waals surface area contributed by atoms with E-state index < -0.39 is 0 Å². The molecule has 6 unspecified atom stereocenters. The molecule has 3 heterocycles. The molecule has 2 aromatic rings. The highest BCUT2D eigenvalue weighted by molar-refractivity contribution is 5.79. The number of amides is 1. The third kappa shape index (κ3) is 5.12. The Hall–Kier alpha value is -2.55. The van der Waals surface area contributed by atoms with E-state index in [1.165, 1.54) is 11.6 Å². The molecule has 3 aliphatic rings. The Kier molecular flexibility index (Phi) is 7.55. The molecule has 6 atom stereocenters. The zero-order valence-corrected chi connectivity index (χ0v) is 21.5. The maximum Gasteiger partial charge on any atom is 0.223 e. The minimum Gasteiger partial charge on any atom is -0.496 e. The van der Waals surface area contributed by atoms with Gasteiger partial charge in [-0.25, -0.2) is 9.82 Å². The number of methoxy groups -OCH3 is 1. The Morgan fingerprint density at radius 2 is 2.11 bits per heavy atom. The molecule has 1 saturated carbocycles. The van der Waals surface area contributed by atoms with Gasteiger partial charge in [-0.3, -0.25) is 20.1 Å². The number of pyridine rings is 1. The topological polar surface area (TPSA) is 78.5 Å². The number of hydrogen-bond donors (Lipinski definition) is 3. The number of aromatic nitrogens is 1. The third-order valence-corrected chi connectivity index (χ3v) is 8.51. The summed E-state index contributed by atoms with van der Waals surface area (Å²) < 4.78 is 20.0. The van der Waals surface area contributed by atoms with E-state index in [2.05, 4.69) is 45.1 Å². The van der Waals surface area contributed by atoms with Gasteiger partial charge in [-0.1, -0.05) is 6.07 Å². The fourth-order valence-corrected chi connectivity index (χ4v) is 6.40. The SMILES string of the molecule is COc1cccc(F)c1CN1CCCC(NC(=O)C2CCC3NNC(c4ccnc(C)c4)C3C2)C1C. The van der Waals surface area contributed by atoms with Gasteiger partial charge in [-0.05, 0) is 88.2 Å². The lowest BCUT2D eigenvalue weighted by Gasteiger charge is -2.41. The Labute approximate surface area is 213 Å². The summed E-state index contributed by atoms with van der Waals surface area (Å²) in [4.78, 5) is 20.1. The summed E-state index contributed by atoms with van der Waals surface area (Å²) in [6.45, 7) is 5.50. The van der Waals surface area contributed by atoms with Gasteiger partial charge >= 0.3 is 0 Å². The summed E-state index contributed by atoms with van der Waals surface area (Å²) >= 11 is 0. The van der Waals surface area contributed by atoms with Gasteiger partial charge < -0.3 is 10.1 Å². The molecule has 8 heteroatoms. The number of halogens is 1. The molecular weight excluding hydrogens is 457 g/mol. The van der Waals surface area contributed by atoms with E-state index in [0.717, 1.165) is 44.3 Å². The minimum atomic E-state index is -0.248. The zero-order chi connectivity index (χ0) is 25.2. The molecule has 1 aromatic heterocycles. The highest BCUT2D eigenvalue weighted by Gasteiger charge is 2.43. The van der Waals surface area contributed by atoms with Crippen molar-refractivity contribution in [1.29, 1.82) is 0 Å². The van der Waals surface area contributed by atoms with Gasteiger partial charge in [-0.2, -0.15) is 0 Å². The number of carbonyl (C=O) groups is 1. The summed E-state index contributed by atoms with van der Waals surface area (Å²) in [7, 11) is 1.57. The van der Waals surface area contributed by atoms with Gasteiger partial charge in [0.2, 0.25) is 5.91 Å². The molecule has 7 nitrogen and oxygen atoms in total. The second kappa shape index (κ2) is 10.8. The van der Waals surface area contributed by atoms with Crippen LogP contribution < -0.4 is 20.9 Å². The first kappa shape index (κ1) is 25.1. The number of piperidine rings is 1. The van der Waals surface area contributed by atoms with Crippen LogP contribution in [0.3, 0.4) is 0 Å². The minimum absolute atomic E-state index is 0.00706. The first-order valence-corrected chi connectivity index (χ1v) is 13.2. The molecular formula is C28H38FN5O2. The van der Waals surface area contributed by atoms with Gasteiger partial charge in [-0.15, -0.1) is 0 Å². The van der Waals surface area contributed by atoms with Gasteiger partial charge in [0.1, 0.15) is 11.6 Å². The molecule has 1 amide bonds. The smallest absolute Gasteiger partial charge is 0.223 e. The summed E-state index contributed by atoms with van der Waals surface area (Å²) in [5.74, 6) is 0.856. The lowest BCUT2D eigenvalue weighted by atomic mass is 9.74. The van der Waals surface area contributed by atoms with Crippen LogP contribution in [0.5, 0.6) is 5.75 Å². The van der Waals surface area contributed by atoms with Crippen molar-refractivity contribution >= 4 is 5.91 Å². The van der Waals surface area contributed by atoms with Crippen molar-refractivity contribution in [3.63, 3.8) is 0 Å². The van der Waals surface area contributed by atoms with Gasteiger partial charge in [0, 0.05) is 48.0 Å². The average Bonchev–Trinajstić information content (AvgIpc) is 3.31. The van der Waals surface area contributed by atoms with Crippen LogP contribution in [0, 0.1) is 24.6 Å². The Morgan fingerprint density at radius 1 is 1.25 bits per heavy atom. The molecule has 36 heavy (non-hydrogen) atoms. The summed E-state index contributed by atoms with van der Waals surface area (Å²) in [6, 6.07) is 9.90. The molecule has 1 aliphatic carbocycles. The Balaban J connectivity index is 1.22. The Morgan fingerprint density at radius 3 is 2.92 bits per heavy atom. The molecule has 1 aromatic carbocycles. The van der Waals surface area contributed by atoms with E-state index in [9.17, 15) is 9.18 Å². The largest absolute Gasteiger partial charge is 0.496 e. The third-order valence-electron chi connectivity index (χ3n) is 8.51. The number of aryl methyl sites for hydroxylation is 1. The number of hydrazine groups is 1. The monoisotopic (exact) mass is 495 g/mol. The van der Waals surface area contributed by atoms with Crippen LogP contribution in [0.4, 0.5) is 4.39 Å². The summed E-state index contributed by atoms with van der Waals surface area (Å²) in [5.41, 5.74) is 9.75. The molecule has 5 rings (SSSR count). The van der Waals surface area contributed by atoms with E-state index in [-0.39, 0.29) is 35.8 Å². The predicted molar refractivity (Wildman–Crippen MR) is 137 cm³/mol. The van der Waals surface area contributed by atoms with Crippen LogP contribution in [-0.2, 0) is 11.3 Å². The first-order valence-electron chi connectivity index (χ1n) is 13.2. The fraction of sp³-hybridized carbons (Fsp3) is 0.571. The Bertz CT molecular complexity index is 1080. The molecule has 0 radical (unpaired) electrons. The van der Waals surface area contributed by atoms with Gasteiger partial charge in [0.05, 0.1) is 13.2 Å². The first-order chi connectivity index (χ1) is 17.4. The zero-order valence-electron chi connectivity index (χ0n) is 21.5. The highest BCUT2D eigenvalue weighted by Crippen LogP contribution is 2.40. The molecule has 2 saturated heterocycles. The van der Waals surface area contributed by atoms with Crippen molar-refractivity contribution in [3.05, 3.63) is 59.2 Å². The average molecular weight is 496 g/mol. The number of ether oxygens (including phenoxy) is 1. The van der Waals surface area contributed by atoms with Crippen molar-refractivity contribution in [2.45, 2.75) is 76.7 Å². The van der Waals surface area contributed by atoms with Gasteiger partial charge in [0.25, 0.3) is 0 Å². The summed E-state index contributed by atoms with van der Waals surface area (Å²) in [6.07, 6.45) is 6.51. The lowest BCUT2D eigenvalue weighted by molar-refractivity contribution is -0.128. The second-order valence-electron chi connectivity index (χ2n) is 10.7. The number of likely N-dealkylation sites (tertiary alicyclic amines) is 1. The fourth-order valence-electron chi connectivity index (χ4n) is 6.40. The molecule has 0 bridgehead atoms. The van der Waals surface area contributed by atoms with Crippen molar-refractivity contribution < 1.29 is 13.9 Å². The molecule has 0 spiro atoms. The van der Waals surface area contributed by atoms with Crippen LogP contribution in [0.15, 0.2) is 36.5 Å². The van der Waals surface area contributed by atoms with Crippen molar-refractivity contribution in [3.8, 4) is 5.75 Å². The number of nitrogens with one attached hydrogen (secondary N) is 3. The molecule has 2 aliphatic heterocycles. The van der Waals surface area contributed by atoms with Crippen LogP contribution in [0.2, 0.25) is 0 Å². The van der Waals surface area contributed by atoms with Crippen LogP contribution >= 0.6 is 0 Å². The number of nitrogens with zero attached hydrogens (tertiary/aromatic N) is 2. The number of hydrogen-bond acceptors (Lipinski definition) is 6. The van der Waals surface area contributed by atoms with Crippen LogP contribution in [0.25, 0.3) is 0 Å². The molecule has 3 N–H and O–H groups in total. The molecule has 3 fully saturated rings.